The highest BCUT2D eigenvalue weighted by atomic mass is 19.2. The molecule has 1 N–H and O–H groups in total. The van der Waals surface area contributed by atoms with Crippen LogP contribution < -0.4 is 5.43 Å². The van der Waals surface area contributed by atoms with Gasteiger partial charge in [-0.25, -0.2) is 8.78 Å². The maximum atomic E-state index is 13.2. The fraction of sp³-hybridized carbons (Fsp3) is 0.0909. The fourth-order valence-electron chi connectivity index (χ4n) is 1.30. The molecule has 78 valence electrons. The summed E-state index contributed by atoms with van der Waals surface area (Å²) < 4.78 is 27.7. The number of rotatable bonds is 3. The number of nitrogens with zero attached hydrogens (tertiary/aromatic N) is 1. The van der Waals surface area contributed by atoms with Crippen LogP contribution in [0.2, 0.25) is 0 Å². The number of halogens is 2. The average Bonchev–Trinajstić information content (AvgIpc) is 2.73. The van der Waals surface area contributed by atoms with Crippen molar-refractivity contribution in [3.8, 4) is 0 Å². The Labute approximate surface area is 86.1 Å². The maximum Gasteiger partial charge on any atom is 0.163 e. The van der Waals surface area contributed by atoms with Crippen molar-refractivity contribution in [3.05, 3.63) is 59.9 Å². The molecule has 0 unspecified atom stereocenters. The summed E-state index contributed by atoms with van der Waals surface area (Å²) in [6.07, 6.45) is 3.58. The summed E-state index contributed by atoms with van der Waals surface area (Å²) >= 11 is 0. The second kappa shape index (κ2) is 4.13. The Bertz CT molecular complexity index is 438. The third-order valence-corrected chi connectivity index (χ3v) is 2.09. The average molecular weight is 208 g/mol. The monoisotopic (exact) mass is 208 g/mol. The molecule has 0 aliphatic rings. The molecular weight excluding hydrogens is 198 g/mol. The van der Waals surface area contributed by atoms with Gasteiger partial charge in [-0.1, -0.05) is 12.1 Å². The fourth-order valence-corrected chi connectivity index (χ4v) is 1.30. The normalized spacial score (nSPS) is 10.3. The van der Waals surface area contributed by atoms with E-state index in [1.54, 1.807) is 23.1 Å². The number of nitrogens with one attached hydrogen (secondary N) is 1. The minimum Gasteiger partial charge on any atom is -0.322 e. The molecule has 2 rings (SSSR count). The SMILES string of the molecule is Fc1cccc(CNn2cccc2)c1F. The highest BCUT2D eigenvalue weighted by Crippen LogP contribution is 2.11. The summed E-state index contributed by atoms with van der Waals surface area (Å²) in [6, 6.07) is 7.83. The lowest BCUT2D eigenvalue weighted by Crippen LogP contribution is -2.13. The molecule has 0 aliphatic carbocycles. The van der Waals surface area contributed by atoms with Crippen molar-refractivity contribution in [1.82, 2.24) is 4.68 Å². The van der Waals surface area contributed by atoms with Crippen molar-refractivity contribution in [1.29, 1.82) is 0 Å². The zero-order valence-corrected chi connectivity index (χ0v) is 7.95. The van der Waals surface area contributed by atoms with E-state index in [4.69, 9.17) is 0 Å². The molecule has 0 atom stereocenters. The van der Waals surface area contributed by atoms with Gasteiger partial charge in [0.2, 0.25) is 0 Å². The highest BCUT2D eigenvalue weighted by molar-refractivity contribution is 5.19. The van der Waals surface area contributed by atoms with E-state index in [1.165, 1.54) is 6.07 Å². The molecule has 1 aromatic heterocycles. The van der Waals surface area contributed by atoms with Crippen molar-refractivity contribution < 1.29 is 8.78 Å². The lowest BCUT2D eigenvalue weighted by Gasteiger charge is -2.08. The van der Waals surface area contributed by atoms with E-state index in [0.717, 1.165) is 6.07 Å². The van der Waals surface area contributed by atoms with E-state index in [0.29, 0.717) is 5.56 Å². The van der Waals surface area contributed by atoms with Gasteiger partial charge in [-0.3, -0.25) is 4.68 Å². The molecule has 0 saturated heterocycles. The van der Waals surface area contributed by atoms with Gasteiger partial charge in [-0.2, -0.15) is 0 Å². The first kappa shape index (κ1) is 9.71. The molecule has 1 heterocycles. The number of aromatic nitrogens is 1. The Morgan fingerprint density at radius 1 is 1.07 bits per heavy atom. The van der Waals surface area contributed by atoms with Crippen LogP contribution in [0.15, 0.2) is 42.7 Å². The Morgan fingerprint density at radius 2 is 1.80 bits per heavy atom. The minimum absolute atomic E-state index is 0.248. The van der Waals surface area contributed by atoms with Crippen LogP contribution in [0.5, 0.6) is 0 Å². The van der Waals surface area contributed by atoms with Gasteiger partial charge in [0.25, 0.3) is 0 Å². The smallest absolute Gasteiger partial charge is 0.163 e. The molecular formula is C11H10F2N2. The largest absolute Gasteiger partial charge is 0.322 e. The van der Waals surface area contributed by atoms with Crippen LogP contribution >= 0.6 is 0 Å². The Balaban J connectivity index is 2.08. The molecule has 0 bridgehead atoms. The lowest BCUT2D eigenvalue weighted by molar-refractivity contribution is 0.499. The summed E-state index contributed by atoms with van der Waals surface area (Å²) in [5.41, 5.74) is 3.23. The molecule has 0 radical (unpaired) electrons. The molecule has 0 amide bonds. The van der Waals surface area contributed by atoms with Crippen LogP contribution in [0.1, 0.15) is 5.56 Å². The van der Waals surface area contributed by atoms with Crippen molar-refractivity contribution in [3.63, 3.8) is 0 Å². The molecule has 15 heavy (non-hydrogen) atoms. The number of benzene rings is 1. The van der Waals surface area contributed by atoms with Gasteiger partial charge in [0, 0.05) is 18.0 Å². The van der Waals surface area contributed by atoms with E-state index in [1.807, 2.05) is 12.1 Å². The van der Waals surface area contributed by atoms with Gasteiger partial charge in [0.05, 0.1) is 6.54 Å². The summed E-state index contributed by atoms with van der Waals surface area (Å²) in [7, 11) is 0. The zero-order chi connectivity index (χ0) is 10.7. The van der Waals surface area contributed by atoms with E-state index in [9.17, 15) is 8.78 Å². The number of hydrogen-bond acceptors (Lipinski definition) is 1. The molecule has 0 saturated carbocycles. The number of hydrogen-bond donors (Lipinski definition) is 1. The van der Waals surface area contributed by atoms with Crippen LogP contribution in [0, 0.1) is 11.6 Å². The van der Waals surface area contributed by atoms with Gasteiger partial charge in [-0.05, 0) is 18.2 Å². The van der Waals surface area contributed by atoms with E-state index < -0.39 is 11.6 Å². The second-order valence-corrected chi connectivity index (χ2v) is 3.14. The van der Waals surface area contributed by atoms with Gasteiger partial charge in [-0.15, -0.1) is 0 Å². The summed E-state index contributed by atoms with van der Waals surface area (Å²) in [5.74, 6) is -1.61. The van der Waals surface area contributed by atoms with Crippen LogP contribution in [0.25, 0.3) is 0 Å². The van der Waals surface area contributed by atoms with Crippen LogP contribution in [-0.4, -0.2) is 4.68 Å². The van der Waals surface area contributed by atoms with Gasteiger partial charge in [0.15, 0.2) is 11.6 Å². The first-order valence-corrected chi connectivity index (χ1v) is 4.57. The van der Waals surface area contributed by atoms with Crippen LogP contribution in [-0.2, 0) is 6.54 Å². The first-order chi connectivity index (χ1) is 7.27. The topological polar surface area (TPSA) is 17.0 Å². The summed E-state index contributed by atoms with van der Waals surface area (Å²) in [5, 5.41) is 0. The molecule has 1 aromatic carbocycles. The molecule has 0 spiro atoms. The maximum absolute atomic E-state index is 13.2. The highest BCUT2D eigenvalue weighted by Gasteiger charge is 2.06. The Kier molecular flexibility index (Phi) is 2.67. The Hall–Kier alpha value is -1.84. The summed E-state index contributed by atoms with van der Waals surface area (Å²) in [6.45, 7) is 0.248. The zero-order valence-electron chi connectivity index (χ0n) is 7.95. The van der Waals surface area contributed by atoms with Gasteiger partial charge < -0.3 is 5.43 Å². The van der Waals surface area contributed by atoms with Crippen molar-refractivity contribution in [2.24, 2.45) is 0 Å². The molecule has 0 fully saturated rings. The molecule has 2 nitrogen and oxygen atoms in total. The van der Waals surface area contributed by atoms with E-state index in [2.05, 4.69) is 5.43 Å². The van der Waals surface area contributed by atoms with Crippen LogP contribution in [0.3, 0.4) is 0 Å². The van der Waals surface area contributed by atoms with Crippen LogP contribution in [0.4, 0.5) is 8.78 Å². The van der Waals surface area contributed by atoms with Gasteiger partial charge >= 0.3 is 0 Å². The van der Waals surface area contributed by atoms with E-state index >= 15 is 0 Å². The van der Waals surface area contributed by atoms with Crippen molar-refractivity contribution in [2.45, 2.75) is 6.54 Å². The first-order valence-electron chi connectivity index (χ1n) is 4.57. The van der Waals surface area contributed by atoms with Crippen molar-refractivity contribution in [2.75, 3.05) is 5.43 Å². The van der Waals surface area contributed by atoms with Crippen molar-refractivity contribution >= 4 is 0 Å². The van der Waals surface area contributed by atoms with E-state index in [-0.39, 0.29) is 6.54 Å². The quantitative estimate of drug-likeness (QED) is 0.820. The lowest BCUT2D eigenvalue weighted by atomic mass is 10.2. The molecule has 2 aromatic rings. The minimum atomic E-state index is -0.818. The summed E-state index contributed by atoms with van der Waals surface area (Å²) in [4.78, 5) is 0. The predicted molar refractivity (Wildman–Crippen MR) is 53.9 cm³/mol. The predicted octanol–water partition coefficient (Wildman–Crippen LogP) is 2.51. The molecule has 0 aliphatic heterocycles. The third kappa shape index (κ3) is 2.15. The van der Waals surface area contributed by atoms with Gasteiger partial charge in [0.1, 0.15) is 0 Å². The standard InChI is InChI=1S/C11H10F2N2/c12-10-5-3-4-9(11(10)13)8-14-15-6-1-2-7-15/h1-7,14H,8H2. The third-order valence-electron chi connectivity index (χ3n) is 2.09. The molecule has 4 heteroatoms. The second-order valence-electron chi connectivity index (χ2n) is 3.14. The Morgan fingerprint density at radius 3 is 2.53 bits per heavy atom.